The summed E-state index contributed by atoms with van der Waals surface area (Å²) in [5, 5.41) is 0. The number of hydrogen-bond acceptors (Lipinski definition) is 1. The highest BCUT2D eigenvalue weighted by Gasteiger charge is 2.12. The van der Waals surface area contributed by atoms with Crippen molar-refractivity contribution in [2.24, 2.45) is 0 Å². The molecule has 0 aliphatic carbocycles. The molecule has 0 radical (unpaired) electrons. The largest absolute Gasteiger partial charge is 0.342 e. The zero-order valence-electron chi connectivity index (χ0n) is 13.8. The summed E-state index contributed by atoms with van der Waals surface area (Å²) in [5.74, 6) is 0.548. The highest BCUT2D eigenvalue weighted by atomic mass is 16.2. The van der Waals surface area contributed by atoms with Crippen LogP contribution in [0.15, 0.2) is 54.6 Å². The van der Waals surface area contributed by atoms with Crippen LogP contribution in [0.25, 0.3) is 0 Å². The van der Waals surface area contributed by atoms with Crippen LogP contribution in [-0.4, -0.2) is 24.4 Å². The number of amides is 1. The van der Waals surface area contributed by atoms with Crippen molar-refractivity contribution in [2.45, 2.75) is 32.6 Å². The monoisotopic (exact) mass is 295 g/mol. The molecule has 0 fully saturated rings. The van der Waals surface area contributed by atoms with Gasteiger partial charge < -0.3 is 4.90 Å². The molecule has 2 heteroatoms. The lowest BCUT2D eigenvalue weighted by molar-refractivity contribution is 0.0793. The summed E-state index contributed by atoms with van der Waals surface area (Å²) in [5.41, 5.74) is 3.32. The first-order valence-electron chi connectivity index (χ1n) is 7.97. The molecule has 0 N–H and O–H groups in total. The molecule has 0 aliphatic heterocycles. The van der Waals surface area contributed by atoms with E-state index in [4.69, 9.17) is 0 Å². The Kier molecular flexibility index (Phi) is 5.76. The molecule has 2 rings (SSSR count). The summed E-state index contributed by atoms with van der Waals surface area (Å²) in [4.78, 5) is 14.3. The predicted octanol–water partition coefficient (Wildman–Crippen LogP) is 4.51. The third kappa shape index (κ3) is 4.45. The van der Waals surface area contributed by atoms with Crippen LogP contribution in [0.4, 0.5) is 0 Å². The lowest BCUT2D eigenvalue weighted by atomic mass is 10.0. The van der Waals surface area contributed by atoms with Crippen molar-refractivity contribution < 1.29 is 4.79 Å². The van der Waals surface area contributed by atoms with Crippen LogP contribution in [0, 0.1) is 0 Å². The standard InChI is InChI=1S/C20H25NO/c1-16(2)18-12-7-13-19(15-18)20(22)21(3)14-8-11-17-9-5-4-6-10-17/h4-7,9-10,12-13,15-16H,8,11,14H2,1-3H3. The normalized spacial score (nSPS) is 10.7. The van der Waals surface area contributed by atoms with E-state index in [0.29, 0.717) is 5.92 Å². The minimum atomic E-state index is 0.107. The fourth-order valence-electron chi connectivity index (χ4n) is 2.52. The van der Waals surface area contributed by atoms with Crippen molar-refractivity contribution in [3.05, 3.63) is 71.3 Å². The summed E-state index contributed by atoms with van der Waals surface area (Å²) in [6.45, 7) is 5.07. The molecule has 2 aromatic rings. The molecule has 0 atom stereocenters. The van der Waals surface area contributed by atoms with E-state index in [-0.39, 0.29) is 5.91 Å². The van der Waals surface area contributed by atoms with Crippen molar-refractivity contribution in [2.75, 3.05) is 13.6 Å². The molecule has 0 heterocycles. The van der Waals surface area contributed by atoms with Crippen LogP contribution in [0.3, 0.4) is 0 Å². The van der Waals surface area contributed by atoms with Gasteiger partial charge in [0, 0.05) is 19.2 Å². The van der Waals surface area contributed by atoms with Crippen LogP contribution in [0.2, 0.25) is 0 Å². The number of nitrogens with zero attached hydrogens (tertiary/aromatic N) is 1. The topological polar surface area (TPSA) is 20.3 Å². The summed E-state index contributed by atoms with van der Waals surface area (Å²) < 4.78 is 0. The summed E-state index contributed by atoms with van der Waals surface area (Å²) in [6, 6.07) is 18.4. The third-order valence-electron chi connectivity index (χ3n) is 3.95. The first-order chi connectivity index (χ1) is 10.6. The molecule has 0 unspecified atom stereocenters. The van der Waals surface area contributed by atoms with Gasteiger partial charge in [0.2, 0.25) is 0 Å². The van der Waals surface area contributed by atoms with Crippen LogP contribution >= 0.6 is 0 Å². The first-order valence-corrected chi connectivity index (χ1v) is 7.97. The lowest BCUT2D eigenvalue weighted by Crippen LogP contribution is -2.28. The van der Waals surface area contributed by atoms with Gasteiger partial charge in [-0.05, 0) is 42.0 Å². The van der Waals surface area contributed by atoms with Gasteiger partial charge >= 0.3 is 0 Å². The molecule has 0 saturated heterocycles. The Morgan fingerprint density at radius 3 is 2.45 bits per heavy atom. The molecule has 0 saturated carbocycles. The van der Waals surface area contributed by atoms with E-state index in [1.807, 2.05) is 36.2 Å². The number of carbonyl (C=O) groups is 1. The number of benzene rings is 2. The van der Waals surface area contributed by atoms with Crippen LogP contribution in [0.1, 0.15) is 47.7 Å². The quantitative estimate of drug-likeness (QED) is 0.767. The first kappa shape index (κ1) is 16.3. The second-order valence-electron chi connectivity index (χ2n) is 6.10. The number of hydrogen-bond donors (Lipinski definition) is 0. The lowest BCUT2D eigenvalue weighted by Gasteiger charge is -2.18. The van der Waals surface area contributed by atoms with Crippen LogP contribution in [0.5, 0.6) is 0 Å². The average molecular weight is 295 g/mol. The van der Waals surface area contributed by atoms with Gasteiger partial charge in [0.15, 0.2) is 0 Å². The van der Waals surface area contributed by atoms with Gasteiger partial charge in [0.25, 0.3) is 5.91 Å². The SMILES string of the molecule is CC(C)c1cccc(C(=O)N(C)CCCc2ccccc2)c1. The van der Waals surface area contributed by atoms with Gasteiger partial charge in [-0.25, -0.2) is 0 Å². The Bertz CT molecular complexity index is 604. The molecular weight excluding hydrogens is 270 g/mol. The fraction of sp³-hybridized carbons (Fsp3) is 0.350. The maximum absolute atomic E-state index is 12.5. The van der Waals surface area contributed by atoms with Crippen molar-refractivity contribution >= 4 is 5.91 Å². The van der Waals surface area contributed by atoms with E-state index in [1.54, 1.807) is 0 Å². The maximum atomic E-state index is 12.5. The Hall–Kier alpha value is -2.09. The van der Waals surface area contributed by atoms with E-state index in [0.717, 1.165) is 24.9 Å². The van der Waals surface area contributed by atoms with Crippen LogP contribution in [-0.2, 0) is 6.42 Å². The Morgan fingerprint density at radius 1 is 1.05 bits per heavy atom. The number of aryl methyl sites for hydroxylation is 1. The average Bonchev–Trinajstić information content (AvgIpc) is 2.55. The minimum absolute atomic E-state index is 0.107. The van der Waals surface area contributed by atoms with E-state index in [9.17, 15) is 4.79 Å². The van der Waals surface area contributed by atoms with Crippen molar-refractivity contribution in [3.63, 3.8) is 0 Å². The molecule has 0 bridgehead atoms. The third-order valence-corrected chi connectivity index (χ3v) is 3.95. The van der Waals surface area contributed by atoms with Crippen molar-refractivity contribution in [3.8, 4) is 0 Å². The Morgan fingerprint density at radius 2 is 1.77 bits per heavy atom. The van der Waals surface area contributed by atoms with Gasteiger partial charge in [0.05, 0.1) is 0 Å². The van der Waals surface area contributed by atoms with E-state index < -0.39 is 0 Å². The van der Waals surface area contributed by atoms with E-state index in [1.165, 1.54) is 11.1 Å². The van der Waals surface area contributed by atoms with Gasteiger partial charge in [-0.3, -0.25) is 4.79 Å². The fourth-order valence-corrected chi connectivity index (χ4v) is 2.52. The Labute approximate surface area is 133 Å². The van der Waals surface area contributed by atoms with Gasteiger partial charge in [-0.15, -0.1) is 0 Å². The van der Waals surface area contributed by atoms with Gasteiger partial charge in [-0.2, -0.15) is 0 Å². The zero-order chi connectivity index (χ0) is 15.9. The molecule has 0 aromatic heterocycles. The molecule has 0 spiro atoms. The smallest absolute Gasteiger partial charge is 0.253 e. The highest BCUT2D eigenvalue weighted by Crippen LogP contribution is 2.16. The second kappa shape index (κ2) is 7.79. The molecule has 0 aliphatic rings. The van der Waals surface area contributed by atoms with Crippen LogP contribution < -0.4 is 0 Å². The summed E-state index contributed by atoms with van der Waals surface area (Å²) in [7, 11) is 1.88. The zero-order valence-corrected chi connectivity index (χ0v) is 13.8. The summed E-state index contributed by atoms with van der Waals surface area (Å²) in [6.07, 6.45) is 1.99. The van der Waals surface area contributed by atoms with Crippen molar-refractivity contribution in [1.29, 1.82) is 0 Å². The second-order valence-corrected chi connectivity index (χ2v) is 6.10. The van der Waals surface area contributed by atoms with Gasteiger partial charge in [-0.1, -0.05) is 56.3 Å². The minimum Gasteiger partial charge on any atom is -0.342 e. The van der Waals surface area contributed by atoms with Crippen molar-refractivity contribution in [1.82, 2.24) is 4.90 Å². The molecular formula is C20H25NO. The Balaban J connectivity index is 1.90. The predicted molar refractivity (Wildman–Crippen MR) is 92.3 cm³/mol. The number of rotatable bonds is 6. The molecule has 22 heavy (non-hydrogen) atoms. The highest BCUT2D eigenvalue weighted by molar-refractivity contribution is 5.94. The molecule has 116 valence electrons. The number of carbonyl (C=O) groups excluding carboxylic acids is 1. The molecule has 1 amide bonds. The van der Waals surface area contributed by atoms with Gasteiger partial charge in [0.1, 0.15) is 0 Å². The molecule has 2 nitrogen and oxygen atoms in total. The molecule has 2 aromatic carbocycles. The van der Waals surface area contributed by atoms with E-state index in [2.05, 4.69) is 44.2 Å². The van der Waals surface area contributed by atoms with E-state index >= 15 is 0 Å². The maximum Gasteiger partial charge on any atom is 0.253 e. The summed E-state index contributed by atoms with van der Waals surface area (Å²) >= 11 is 0.